The summed E-state index contributed by atoms with van der Waals surface area (Å²) in [4.78, 5) is 16.8. The number of benzene rings is 1. The zero-order valence-corrected chi connectivity index (χ0v) is 14.5. The predicted octanol–water partition coefficient (Wildman–Crippen LogP) is 3.52. The quantitative estimate of drug-likeness (QED) is 0.765. The van der Waals surface area contributed by atoms with Crippen LogP contribution in [0.3, 0.4) is 0 Å². The highest BCUT2D eigenvalue weighted by atomic mass is 16.2. The number of rotatable bonds is 4. The van der Waals surface area contributed by atoms with E-state index in [0.29, 0.717) is 6.54 Å². The van der Waals surface area contributed by atoms with Crippen molar-refractivity contribution < 1.29 is 4.79 Å². The number of amides is 2. The van der Waals surface area contributed by atoms with E-state index in [4.69, 9.17) is 0 Å². The van der Waals surface area contributed by atoms with Crippen molar-refractivity contribution in [2.75, 3.05) is 5.32 Å². The molecule has 0 radical (unpaired) electrons. The first-order valence-corrected chi connectivity index (χ1v) is 8.91. The molecule has 0 bridgehead atoms. The van der Waals surface area contributed by atoms with Gasteiger partial charge in [0.2, 0.25) is 0 Å². The molecule has 25 heavy (non-hydrogen) atoms. The second-order valence-corrected chi connectivity index (χ2v) is 6.48. The Bertz CT molecular complexity index is 884. The average molecular weight is 337 g/mol. The number of fused-ring (bicyclic) bond motifs is 2. The van der Waals surface area contributed by atoms with Crippen LogP contribution in [0.15, 0.2) is 36.7 Å². The molecule has 6 nitrogen and oxygen atoms in total. The number of anilines is 1. The fourth-order valence-corrected chi connectivity index (χ4v) is 3.44. The highest BCUT2D eigenvalue weighted by molar-refractivity contribution is 5.92. The Hall–Kier alpha value is -2.76. The summed E-state index contributed by atoms with van der Waals surface area (Å²) >= 11 is 0. The van der Waals surface area contributed by atoms with Gasteiger partial charge in [0.05, 0.1) is 17.8 Å². The molecule has 130 valence electrons. The number of nitrogens with zero attached hydrogens (tertiary/aromatic N) is 3. The summed E-state index contributed by atoms with van der Waals surface area (Å²) in [6.45, 7) is 4.49. The number of hydrogen-bond donors (Lipinski definition) is 2. The van der Waals surface area contributed by atoms with E-state index in [-0.39, 0.29) is 6.03 Å². The summed E-state index contributed by atoms with van der Waals surface area (Å²) in [5.41, 5.74) is 2.84. The maximum atomic E-state index is 12.2. The van der Waals surface area contributed by atoms with Crippen LogP contribution < -0.4 is 10.6 Å². The maximum absolute atomic E-state index is 12.2. The second-order valence-electron chi connectivity index (χ2n) is 6.48. The molecule has 3 aromatic rings. The molecule has 2 aromatic heterocycles. The van der Waals surface area contributed by atoms with Crippen LogP contribution in [0.1, 0.15) is 31.3 Å². The Kier molecular flexibility index (Phi) is 4.17. The lowest BCUT2D eigenvalue weighted by atomic mass is 10.2. The number of nitrogens with one attached hydrogen (secondary N) is 2. The van der Waals surface area contributed by atoms with E-state index in [1.807, 2.05) is 18.2 Å². The third kappa shape index (κ3) is 3.24. The van der Waals surface area contributed by atoms with E-state index in [1.54, 1.807) is 0 Å². The lowest BCUT2D eigenvalue weighted by Gasteiger charge is -2.11. The van der Waals surface area contributed by atoms with Gasteiger partial charge in [0, 0.05) is 37.6 Å². The van der Waals surface area contributed by atoms with Gasteiger partial charge >= 0.3 is 6.03 Å². The predicted molar refractivity (Wildman–Crippen MR) is 98.6 cm³/mol. The molecule has 0 atom stereocenters. The van der Waals surface area contributed by atoms with E-state index in [9.17, 15) is 4.79 Å². The molecule has 3 heterocycles. The highest BCUT2D eigenvalue weighted by Crippen LogP contribution is 2.20. The van der Waals surface area contributed by atoms with E-state index < -0.39 is 0 Å². The van der Waals surface area contributed by atoms with Crippen molar-refractivity contribution in [2.45, 2.75) is 45.8 Å². The minimum Gasteiger partial charge on any atom is -0.348 e. The first-order valence-electron chi connectivity index (χ1n) is 8.91. The van der Waals surface area contributed by atoms with Gasteiger partial charge in [-0.05, 0) is 43.4 Å². The normalized spacial score (nSPS) is 13.6. The second kappa shape index (κ2) is 6.63. The Balaban J connectivity index is 1.39. The fraction of sp³-hybridized carbons (Fsp3) is 0.368. The zero-order valence-electron chi connectivity index (χ0n) is 14.5. The van der Waals surface area contributed by atoms with Crippen LogP contribution in [-0.4, -0.2) is 20.1 Å². The molecule has 2 N–H and O–H groups in total. The molecule has 0 saturated heterocycles. The first-order chi connectivity index (χ1) is 12.2. The number of urea groups is 1. The van der Waals surface area contributed by atoms with Crippen LogP contribution in [0.25, 0.3) is 10.9 Å². The van der Waals surface area contributed by atoms with Gasteiger partial charge in [-0.2, -0.15) is 0 Å². The van der Waals surface area contributed by atoms with Gasteiger partial charge in [0.25, 0.3) is 0 Å². The van der Waals surface area contributed by atoms with Crippen molar-refractivity contribution in [3.05, 3.63) is 48.2 Å². The molecule has 4 rings (SSSR count). The summed E-state index contributed by atoms with van der Waals surface area (Å²) in [5.74, 6) is 1.13. The molecular weight excluding hydrogens is 314 g/mol. The van der Waals surface area contributed by atoms with Gasteiger partial charge in [0.15, 0.2) is 0 Å². The van der Waals surface area contributed by atoms with Crippen LogP contribution in [0.2, 0.25) is 0 Å². The molecular formula is C19H23N5O. The minimum absolute atomic E-state index is 0.208. The minimum atomic E-state index is -0.208. The summed E-state index contributed by atoms with van der Waals surface area (Å²) in [6.07, 6.45) is 7.55. The summed E-state index contributed by atoms with van der Waals surface area (Å²) in [7, 11) is 0. The van der Waals surface area contributed by atoms with Crippen LogP contribution in [0.4, 0.5) is 10.5 Å². The van der Waals surface area contributed by atoms with Gasteiger partial charge in [-0.15, -0.1) is 0 Å². The molecule has 1 aromatic carbocycles. The number of imidazole rings is 1. The lowest BCUT2D eigenvalue weighted by molar-refractivity contribution is 0.251. The molecule has 6 heteroatoms. The number of carbonyl (C=O) groups excluding carboxylic acids is 1. The van der Waals surface area contributed by atoms with Crippen molar-refractivity contribution in [3.63, 3.8) is 0 Å². The fourth-order valence-electron chi connectivity index (χ4n) is 3.44. The van der Waals surface area contributed by atoms with Crippen LogP contribution in [-0.2, 0) is 26.1 Å². The third-order valence-electron chi connectivity index (χ3n) is 4.76. The SMILES string of the molecule is CCn1ccc2ccc(NC(=O)NCc3cn4c(n3)CCCC4)cc21. The number of hydrogen-bond acceptors (Lipinski definition) is 2. The van der Waals surface area contributed by atoms with Crippen molar-refractivity contribution >= 4 is 22.6 Å². The monoisotopic (exact) mass is 337 g/mol. The van der Waals surface area contributed by atoms with Crippen LogP contribution in [0.5, 0.6) is 0 Å². The van der Waals surface area contributed by atoms with Crippen LogP contribution >= 0.6 is 0 Å². The molecule has 2 amide bonds. The number of aryl methyl sites for hydroxylation is 3. The van der Waals surface area contributed by atoms with Gasteiger partial charge in [-0.3, -0.25) is 0 Å². The van der Waals surface area contributed by atoms with Crippen molar-refractivity contribution in [3.8, 4) is 0 Å². The van der Waals surface area contributed by atoms with Crippen molar-refractivity contribution in [2.24, 2.45) is 0 Å². The van der Waals surface area contributed by atoms with Gasteiger partial charge in [-0.1, -0.05) is 6.07 Å². The van der Waals surface area contributed by atoms with E-state index in [0.717, 1.165) is 42.2 Å². The summed E-state index contributed by atoms with van der Waals surface area (Å²) in [6, 6.07) is 7.84. The zero-order chi connectivity index (χ0) is 17.2. The molecule has 0 aliphatic carbocycles. The molecule has 1 aliphatic rings. The topological polar surface area (TPSA) is 63.9 Å². The van der Waals surface area contributed by atoms with Gasteiger partial charge in [-0.25, -0.2) is 9.78 Å². The maximum Gasteiger partial charge on any atom is 0.319 e. The van der Waals surface area contributed by atoms with Gasteiger partial charge < -0.3 is 19.8 Å². The molecule has 0 spiro atoms. The Morgan fingerprint density at radius 2 is 2.20 bits per heavy atom. The highest BCUT2D eigenvalue weighted by Gasteiger charge is 2.12. The molecule has 1 aliphatic heterocycles. The smallest absolute Gasteiger partial charge is 0.319 e. The lowest BCUT2D eigenvalue weighted by Crippen LogP contribution is -2.28. The van der Waals surface area contributed by atoms with E-state index in [2.05, 4.69) is 50.1 Å². The van der Waals surface area contributed by atoms with E-state index >= 15 is 0 Å². The first kappa shape index (κ1) is 15.7. The average Bonchev–Trinajstić information content (AvgIpc) is 3.22. The largest absolute Gasteiger partial charge is 0.348 e. The van der Waals surface area contributed by atoms with Crippen LogP contribution in [0, 0.1) is 0 Å². The summed E-state index contributed by atoms with van der Waals surface area (Å²) in [5, 5.41) is 6.98. The Morgan fingerprint density at radius 1 is 1.28 bits per heavy atom. The molecule has 0 fully saturated rings. The van der Waals surface area contributed by atoms with Gasteiger partial charge in [0.1, 0.15) is 5.82 Å². The third-order valence-corrected chi connectivity index (χ3v) is 4.76. The number of carbonyl (C=O) groups is 1. The Labute approximate surface area is 146 Å². The summed E-state index contributed by atoms with van der Waals surface area (Å²) < 4.78 is 4.36. The number of aromatic nitrogens is 3. The Morgan fingerprint density at radius 3 is 3.04 bits per heavy atom. The standard InChI is InChI=1S/C19H23N5O/c1-2-23-10-8-14-6-7-15(11-17(14)23)22-19(25)20-12-16-13-24-9-4-3-5-18(24)21-16/h6-8,10-11,13H,2-5,9,12H2,1H3,(H2,20,22,25). The van der Waals surface area contributed by atoms with Crippen molar-refractivity contribution in [1.29, 1.82) is 0 Å². The molecule has 0 unspecified atom stereocenters. The van der Waals surface area contributed by atoms with Crippen molar-refractivity contribution in [1.82, 2.24) is 19.4 Å². The van der Waals surface area contributed by atoms with E-state index in [1.165, 1.54) is 18.2 Å². The molecule has 0 saturated carbocycles.